The molecule has 2 fully saturated rings. The fourth-order valence-corrected chi connectivity index (χ4v) is 4.20. The highest BCUT2D eigenvalue weighted by Gasteiger charge is 2.39. The zero-order valence-corrected chi connectivity index (χ0v) is 11.7. The van der Waals surface area contributed by atoms with E-state index in [0.29, 0.717) is 0 Å². The number of aryl methyl sites for hydroxylation is 1. The van der Waals surface area contributed by atoms with Crippen LogP contribution < -0.4 is 5.73 Å². The second-order valence-electron chi connectivity index (χ2n) is 6.32. The molecule has 0 amide bonds. The predicted molar refractivity (Wildman–Crippen MR) is 74.3 cm³/mol. The van der Waals surface area contributed by atoms with Crippen molar-refractivity contribution in [1.29, 1.82) is 0 Å². The van der Waals surface area contributed by atoms with Gasteiger partial charge in [0.05, 0.1) is 5.69 Å². The van der Waals surface area contributed by atoms with Crippen molar-refractivity contribution in [2.75, 3.05) is 5.73 Å². The summed E-state index contributed by atoms with van der Waals surface area (Å²) >= 11 is 0. The summed E-state index contributed by atoms with van der Waals surface area (Å²) < 4.78 is 1.87. The van der Waals surface area contributed by atoms with Gasteiger partial charge in [-0.1, -0.05) is 19.8 Å². The molecule has 0 aliphatic heterocycles. The van der Waals surface area contributed by atoms with Crippen LogP contribution >= 0.6 is 0 Å². The lowest BCUT2D eigenvalue weighted by Crippen LogP contribution is -2.14. The Morgan fingerprint density at radius 3 is 2.78 bits per heavy atom. The van der Waals surface area contributed by atoms with Crippen LogP contribution in [0.2, 0.25) is 0 Å². The molecule has 18 heavy (non-hydrogen) atoms. The van der Waals surface area contributed by atoms with Gasteiger partial charge in [-0.3, -0.25) is 4.68 Å². The first-order valence-electron chi connectivity index (χ1n) is 7.49. The number of aromatic nitrogens is 2. The second-order valence-corrected chi connectivity index (χ2v) is 6.32. The van der Waals surface area contributed by atoms with Crippen molar-refractivity contribution in [1.82, 2.24) is 9.78 Å². The maximum atomic E-state index is 6.14. The summed E-state index contributed by atoms with van der Waals surface area (Å²) in [5.74, 6) is 3.77. The van der Waals surface area contributed by atoms with Crippen LogP contribution in [0.5, 0.6) is 0 Å². The van der Waals surface area contributed by atoms with Crippen LogP contribution in [0, 0.1) is 17.8 Å². The van der Waals surface area contributed by atoms with Crippen molar-refractivity contribution in [3.05, 3.63) is 11.3 Å². The summed E-state index contributed by atoms with van der Waals surface area (Å²) in [5.41, 5.74) is 8.75. The van der Waals surface area contributed by atoms with Crippen LogP contribution in [0.1, 0.15) is 50.3 Å². The number of fused-ring (bicyclic) bond motifs is 2. The first-order valence-corrected chi connectivity index (χ1v) is 7.49. The minimum absolute atomic E-state index is 0.883. The molecule has 0 aromatic carbocycles. The van der Waals surface area contributed by atoms with E-state index in [1.165, 1.54) is 43.4 Å². The SMILES string of the molecule is CCCc1c(CC2CC3CCC2C3)nn(C)c1N. The van der Waals surface area contributed by atoms with Crippen molar-refractivity contribution in [3.63, 3.8) is 0 Å². The van der Waals surface area contributed by atoms with E-state index >= 15 is 0 Å². The molecule has 3 unspecified atom stereocenters. The quantitative estimate of drug-likeness (QED) is 0.889. The molecular formula is C15H25N3. The molecule has 3 nitrogen and oxygen atoms in total. The van der Waals surface area contributed by atoms with Crippen molar-refractivity contribution in [2.45, 2.75) is 51.9 Å². The van der Waals surface area contributed by atoms with E-state index < -0.39 is 0 Å². The summed E-state index contributed by atoms with van der Waals surface area (Å²) in [6.07, 6.45) is 9.26. The van der Waals surface area contributed by atoms with Crippen LogP contribution in [-0.2, 0) is 19.9 Å². The van der Waals surface area contributed by atoms with Gasteiger partial charge in [0.2, 0.25) is 0 Å². The van der Waals surface area contributed by atoms with Crippen LogP contribution in [0.4, 0.5) is 5.82 Å². The number of hydrogen-bond acceptors (Lipinski definition) is 2. The van der Waals surface area contributed by atoms with Gasteiger partial charge in [0, 0.05) is 12.6 Å². The van der Waals surface area contributed by atoms with Crippen LogP contribution in [0.25, 0.3) is 0 Å². The third-order valence-electron chi connectivity index (χ3n) is 5.12. The number of nitrogens with zero attached hydrogens (tertiary/aromatic N) is 2. The summed E-state index contributed by atoms with van der Waals surface area (Å²) in [7, 11) is 1.97. The Morgan fingerprint density at radius 1 is 1.33 bits per heavy atom. The number of nitrogen functional groups attached to an aromatic ring is 1. The van der Waals surface area contributed by atoms with Gasteiger partial charge < -0.3 is 5.73 Å². The lowest BCUT2D eigenvalue weighted by atomic mass is 9.84. The first-order chi connectivity index (χ1) is 8.69. The highest BCUT2D eigenvalue weighted by atomic mass is 15.3. The van der Waals surface area contributed by atoms with Gasteiger partial charge in [-0.05, 0) is 49.9 Å². The molecule has 3 rings (SSSR count). The van der Waals surface area contributed by atoms with Crippen molar-refractivity contribution in [2.24, 2.45) is 24.8 Å². The molecule has 0 saturated heterocycles. The third-order valence-corrected chi connectivity index (χ3v) is 5.12. The molecule has 2 aliphatic carbocycles. The maximum Gasteiger partial charge on any atom is 0.124 e. The summed E-state index contributed by atoms with van der Waals surface area (Å²) in [4.78, 5) is 0. The van der Waals surface area contributed by atoms with Gasteiger partial charge >= 0.3 is 0 Å². The Kier molecular flexibility index (Phi) is 3.08. The van der Waals surface area contributed by atoms with Gasteiger partial charge in [-0.25, -0.2) is 0 Å². The predicted octanol–water partition coefficient (Wildman–Crippen LogP) is 2.93. The van der Waals surface area contributed by atoms with Crippen molar-refractivity contribution >= 4 is 5.82 Å². The lowest BCUT2D eigenvalue weighted by molar-refractivity contribution is 0.328. The van der Waals surface area contributed by atoms with E-state index in [0.717, 1.165) is 36.4 Å². The Bertz CT molecular complexity index is 435. The molecule has 2 aliphatic rings. The molecule has 3 atom stereocenters. The molecule has 1 heterocycles. The minimum atomic E-state index is 0.883. The zero-order valence-electron chi connectivity index (χ0n) is 11.7. The summed E-state index contributed by atoms with van der Waals surface area (Å²) in [6.45, 7) is 2.22. The van der Waals surface area contributed by atoms with Gasteiger partial charge in [0.15, 0.2) is 0 Å². The topological polar surface area (TPSA) is 43.8 Å². The Morgan fingerprint density at radius 2 is 2.17 bits per heavy atom. The summed E-state index contributed by atoms with van der Waals surface area (Å²) in [5, 5.41) is 4.67. The standard InChI is InChI=1S/C15H25N3/c1-3-4-13-14(17-18(2)15(13)16)9-12-8-10-5-6-11(12)7-10/h10-12H,3-9,16H2,1-2H3. The van der Waals surface area contributed by atoms with Crippen molar-refractivity contribution < 1.29 is 0 Å². The molecular weight excluding hydrogens is 222 g/mol. The molecule has 0 spiro atoms. The molecule has 1 aromatic rings. The average molecular weight is 247 g/mol. The highest BCUT2D eigenvalue weighted by Crippen LogP contribution is 2.49. The number of anilines is 1. The molecule has 2 saturated carbocycles. The summed E-state index contributed by atoms with van der Waals surface area (Å²) in [6, 6.07) is 0. The Labute approximate surface area is 110 Å². The number of rotatable bonds is 4. The van der Waals surface area contributed by atoms with Gasteiger partial charge in [-0.15, -0.1) is 0 Å². The monoisotopic (exact) mass is 247 g/mol. The number of nitrogens with two attached hydrogens (primary N) is 1. The molecule has 0 radical (unpaired) electrons. The molecule has 3 heteroatoms. The van der Waals surface area contributed by atoms with Crippen LogP contribution in [0.3, 0.4) is 0 Å². The highest BCUT2D eigenvalue weighted by molar-refractivity contribution is 5.43. The Balaban J connectivity index is 1.78. The van der Waals surface area contributed by atoms with E-state index in [1.807, 2.05) is 11.7 Å². The molecule has 1 aromatic heterocycles. The van der Waals surface area contributed by atoms with Gasteiger partial charge in [0.1, 0.15) is 5.82 Å². The third kappa shape index (κ3) is 1.94. The van der Waals surface area contributed by atoms with E-state index in [1.54, 1.807) is 0 Å². The molecule has 2 bridgehead atoms. The average Bonchev–Trinajstić information content (AvgIpc) is 3.01. The Hall–Kier alpha value is -0.990. The van der Waals surface area contributed by atoms with Crippen LogP contribution in [0.15, 0.2) is 0 Å². The van der Waals surface area contributed by atoms with E-state index in [9.17, 15) is 0 Å². The van der Waals surface area contributed by atoms with Crippen molar-refractivity contribution in [3.8, 4) is 0 Å². The maximum absolute atomic E-state index is 6.14. The van der Waals surface area contributed by atoms with E-state index in [4.69, 9.17) is 5.73 Å². The molecule has 2 N–H and O–H groups in total. The normalized spacial score (nSPS) is 30.2. The number of hydrogen-bond donors (Lipinski definition) is 1. The molecule has 100 valence electrons. The largest absolute Gasteiger partial charge is 0.384 e. The second kappa shape index (κ2) is 4.60. The van der Waals surface area contributed by atoms with Crippen LogP contribution in [-0.4, -0.2) is 9.78 Å². The van der Waals surface area contributed by atoms with Gasteiger partial charge in [0.25, 0.3) is 0 Å². The minimum Gasteiger partial charge on any atom is -0.384 e. The fourth-order valence-electron chi connectivity index (χ4n) is 4.20. The smallest absolute Gasteiger partial charge is 0.124 e. The van der Waals surface area contributed by atoms with Gasteiger partial charge in [-0.2, -0.15) is 5.10 Å². The fraction of sp³-hybridized carbons (Fsp3) is 0.800. The van der Waals surface area contributed by atoms with E-state index in [-0.39, 0.29) is 0 Å². The lowest BCUT2D eigenvalue weighted by Gasteiger charge is -2.21. The first kappa shape index (κ1) is 12.1. The zero-order chi connectivity index (χ0) is 12.7. The van der Waals surface area contributed by atoms with E-state index in [2.05, 4.69) is 12.0 Å².